The lowest BCUT2D eigenvalue weighted by atomic mass is 10.2. The highest BCUT2D eigenvalue weighted by Gasteiger charge is 2.05. The largest absolute Gasteiger partial charge is 0.345 e. The summed E-state index contributed by atoms with van der Waals surface area (Å²) in [7, 11) is 0. The van der Waals surface area contributed by atoms with Gasteiger partial charge in [0.2, 0.25) is 0 Å². The highest BCUT2D eigenvalue weighted by Crippen LogP contribution is 2.17. The van der Waals surface area contributed by atoms with Crippen LogP contribution < -0.4 is 5.56 Å². The molecule has 2 heterocycles. The van der Waals surface area contributed by atoms with Crippen molar-refractivity contribution < 1.29 is 0 Å². The number of benzene rings is 1. The van der Waals surface area contributed by atoms with E-state index in [0.29, 0.717) is 5.39 Å². The monoisotopic (exact) mass is 174 g/mol. The van der Waals surface area contributed by atoms with Gasteiger partial charge in [-0.05, 0) is 12.1 Å². The Morgan fingerprint density at radius 1 is 1.23 bits per heavy atom. The number of nitrogens with zero attached hydrogens (tertiary/aromatic N) is 1. The van der Waals surface area contributed by atoms with Crippen LogP contribution >= 0.6 is 0 Å². The first-order valence-corrected chi connectivity index (χ1v) is 3.89. The van der Waals surface area contributed by atoms with Crippen molar-refractivity contribution in [3.8, 4) is 0 Å². The Morgan fingerprint density at radius 2 is 2.15 bits per heavy atom. The van der Waals surface area contributed by atoms with Crippen molar-refractivity contribution in [2.24, 2.45) is 0 Å². The number of hydrogen-bond donors (Lipinski definition) is 3. The third-order valence-corrected chi connectivity index (χ3v) is 2.14. The molecule has 3 rings (SSSR count). The number of aromatic nitrogens is 4. The van der Waals surface area contributed by atoms with Crippen molar-refractivity contribution >= 4 is 21.9 Å². The molecule has 0 bridgehead atoms. The number of aromatic amines is 3. The van der Waals surface area contributed by atoms with Crippen LogP contribution in [0.5, 0.6) is 0 Å². The first-order chi connectivity index (χ1) is 6.36. The van der Waals surface area contributed by atoms with Crippen molar-refractivity contribution in [2.45, 2.75) is 0 Å². The Labute approximate surface area is 71.8 Å². The van der Waals surface area contributed by atoms with Crippen molar-refractivity contribution in [2.75, 3.05) is 0 Å². The summed E-state index contributed by atoms with van der Waals surface area (Å²) in [4.78, 5) is 18.3. The van der Waals surface area contributed by atoms with Crippen LogP contribution in [0.25, 0.3) is 21.9 Å². The molecule has 0 saturated carbocycles. The summed E-state index contributed by atoms with van der Waals surface area (Å²) in [6.45, 7) is 0. The van der Waals surface area contributed by atoms with Gasteiger partial charge in [0, 0.05) is 0 Å². The fourth-order valence-electron chi connectivity index (χ4n) is 1.51. The molecule has 3 N–H and O–H groups in total. The summed E-state index contributed by atoms with van der Waals surface area (Å²) >= 11 is 0. The van der Waals surface area contributed by atoms with Gasteiger partial charge >= 0.3 is 0 Å². The van der Waals surface area contributed by atoms with E-state index in [-0.39, 0.29) is 5.56 Å². The normalized spacial score (nSPS) is 11.4. The minimum atomic E-state index is -0.111. The number of H-pyrrole nitrogens is 3. The maximum Gasteiger partial charge on any atom is 0.271 e. The highest BCUT2D eigenvalue weighted by atomic mass is 16.1. The van der Waals surface area contributed by atoms with E-state index >= 15 is 0 Å². The zero-order chi connectivity index (χ0) is 8.84. The third kappa shape index (κ3) is 0.703. The van der Waals surface area contributed by atoms with Gasteiger partial charge in [-0.2, -0.15) is 0 Å². The first kappa shape index (κ1) is 6.47. The highest BCUT2D eigenvalue weighted by molar-refractivity contribution is 6.00. The van der Waals surface area contributed by atoms with Crippen LogP contribution in [-0.4, -0.2) is 20.2 Å². The van der Waals surface area contributed by atoms with Crippen molar-refractivity contribution in [1.82, 2.24) is 20.2 Å². The fraction of sp³-hybridized carbons (Fsp3) is 0. The van der Waals surface area contributed by atoms with Gasteiger partial charge in [0.05, 0.1) is 22.7 Å². The molecule has 0 amide bonds. The smallest absolute Gasteiger partial charge is 0.271 e. The molecule has 0 atom stereocenters. The summed E-state index contributed by atoms with van der Waals surface area (Å²) in [5, 5.41) is 5.96. The molecule has 3 aromatic rings. The summed E-state index contributed by atoms with van der Waals surface area (Å²) < 4.78 is 0. The van der Waals surface area contributed by atoms with Crippen molar-refractivity contribution in [3.05, 3.63) is 28.8 Å². The molecule has 0 unspecified atom stereocenters. The van der Waals surface area contributed by atoms with Crippen molar-refractivity contribution in [3.63, 3.8) is 0 Å². The van der Waals surface area contributed by atoms with Gasteiger partial charge < -0.3 is 4.98 Å². The lowest BCUT2D eigenvalue weighted by molar-refractivity contribution is 1.08. The zero-order valence-electron chi connectivity index (χ0n) is 6.59. The second-order valence-corrected chi connectivity index (χ2v) is 2.87. The SMILES string of the molecule is O=c1[nH][nH]c2c1ccc1[nH]cnc12. The Hall–Kier alpha value is -2.04. The van der Waals surface area contributed by atoms with Gasteiger partial charge in [-0.25, -0.2) is 4.98 Å². The summed E-state index contributed by atoms with van der Waals surface area (Å²) in [5.74, 6) is 0. The van der Waals surface area contributed by atoms with E-state index in [1.54, 1.807) is 12.4 Å². The quantitative estimate of drug-likeness (QED) is 0.470. The maximum absolute atomic E-state index is 11.2. The predicted molar refractivity (Wildman–Crippen MR) is 48.6 cm³/mol. The molecule has 13 heavy (non-hydrogen) atoms. The molecule has 0 aliphatic carbocycles. The third-order valence-electron chi connectivity index (χ3n) is 2.14. The van der Waals surface area contributed by atoms with Crippen LogP contribution in [0.2, 0.25) is 0 Å². The maximum atomic E-state index is 11.2. The van der Waals surface area contributed by atoms with E-state index in [1.807, 2.05) is 6.07 Å². The molecule has 0 radical (unpaired) electrons. The van der Waals surface area contributed by atoms with E-state index in [2.05, 4.69) is 20.2 Å². The number of nitrogens with one attached hydrogen (secondary N) is 3. The molecule has 64 valence electrons. The Bertz CT molecular complexity index is 630. The molecule has 1 aromatic carbocycles. The minimum absolute atomic E-state index is 0.111. The lowest BCUT2D eigenvalue weighted by Crippen LogP contribution is -1.96. The van der Waals surface area contributed by atoms with Crippen LogP contribution in [-0.2, 0) is 0 Å². The second kappa shape index (κ2) is 2.01. The van der Waals surface area contributed by atoms with E-state index in [0.717, 1.165) is 16.6 Å². The van der Waals surface area contributed by atoms with Crippen LogP contribution in [0.15, 0.2) is 23.3 Å². The van der Waals surface area contributed by atoms with Gasteiger partial charge in [0.15, 0.2) is 0 Å². The average Bonchev–Trinajstić information content (AvgIpc) is 2.70. The van der Waals surface area contributed by atoms with Gasteiger partial charge in [-0.3, -0.25) is 15.0 Å². The average molecular weight is 174 g/mol. The number of hydrogen-bond acceptors (Lipinski definition) is 2. The van der Waals surface area contributed by atoms with Gasteiger partial charge in [0.25, 0.3) is 5.56 Å². The fourth-order valence-corrected chi connectivity index (χ4v) is 1.51. The standard InChI is InChI=1S/C8H6N4O/c13-8-4-1-2-5-7(10-3-9-5)6(4)11-12-8/h1-3H,(H,9,10)(H2,11,12,13). The summed E-state index contributed by atoms with van der Waals surface area (Å²) in [5.41, 5.74) is 2.35. The molecule has 0 fully saturated rings. The Balaban J connectivity index is 2.74. The molecule has 0 aliphatic rings. The number of fused-ring (bicyclic) bond motifs is 3. The number of imidazole rings is 1. The topological polar surface area (TPSA) is 77.3 Å². The Kier molecular flexibility index (Phi) is 0.999. The van der Waals surface area contributed by atoms with E-state index in [4.69, 9.17) is 0 Å². The number of rotatable bonds is 0. The van der Waals surface area contributed by atoms with E-state index in [9.17, 15) is 4.79 Å². The van der Waals surface area contributed by atoms with Crippen LogP contribution in [0.3, 0.4) is 0 Å². The second-order valence-electron chi connectivity index (χ2n) is 2.87. The molecule has 5 nitrogen and oxygen atoms in total. The predicted octanol–water partition coefficient (Wildman–Crippen LogP) is 0.732. The summed E-state index contributed by atoms with van der Waals surface area (Å²) in [6, 6.07) is 3.61. The molecule has 0 spiro atoms. The Morgan fingerprint density at radius 3 is 3.08 bits per heavy atom. The molecule has 5 heteroatoms. The summed E-state index contributed by atoms with van der Waals surface area (Å²) in [6.07, 6.45) is 1.61. The van der Waals surface area contributed by atoms with Crippen LogP contribution in [0, 0.1) is 0 Å². The van der Waals surface area contributed by atoms with E-state index < -0.39 is 0 Å². The molecule has 2 aromatic heterocycles. The first-order valence-electron chi connectivity index (χ1n) is 3.89. The van der Waals surface area contributed by atoms with Crippen LogP contribution in [0.4, 0.5) is 0 Å². The zero-order valence-corrected chi connectivity index (χ0v) is 6.59. The van der Waals surface area contributed by atoms with Gasteiger partial charge in [-0.1, -0.05) is 0 Å². The molecule has 0 aliphatic heterocycles. The van der Waals surface area contributed by atoms with Gasteiger partial charge in [-0.15, -0.1) is 0 Å². The lowest BCUT2D eigenvalue weighted by Gasteiger charge is -1.88. The van der Waals surface area contributed by atoms with Crippen LogP contribution in [0.1, 0.15) is 0 Å². The van der Waals surface area contributed by atoms with Crippen molar-refractivity contribution in [1.29, 1.82) is 0 Å². The molecule has 0 saturated heterocycles. The minimum Gasteiger partial charge on any atom is -0.345 e. The molecular weight excluding hydrogens is 168 g/mol. The van der Waals surface area contributed by atoms with E-state index in [1.165, 1.54) is 0 Å². The molecular formula is C8H6N4O. The van der Waals surface area contributed by atoms with Gasteiger partial charge in [0.1, 0.15) is 5.52 Å².